The molecule has 0 aromatic carbocycles. The highest BCUT2D eigenvalue weighted by molar-refractivity contribution is 5.32. The van der Waals surface area contributed by atoms with Crippen LogP contribution in [0.1, 0.15) is 62.8 Å². The SMILES string of the molecule is Cc1nc(C(F)(F)F)ccc1C(C)(C)Cc1ccc(C(C)(C)C)nc1. The van der Waals surface area contributed by atoms with Crippen LogP contribution < -0.4 is 0 Å². The molecular formula is C20H25F3N2. The number of aromatic nitrogens is 2. The van der Waals surface area contributed by atoms with E-state index in [0.717, 1.165) is 22.9 Å². The molecule has 0 fully saturated rings. The van der Waals surface area contributed by atoms with Crippen molar-refractivity contribution in [3.05, 3.63) is 58.7 Å². The van der Waals surface area contributed by atoms with E-state index in [1.807, 2.05) is 32.2 Å². The van der Waals surface area contributed by atoms with Gasteiger partial charge in [-0.3, -0.25) is 4.98 Å². The average Bonchev–Trinajstić information content (AvgIpc) is 2.45. The summed E-state index contributed by atoms with van der Waals surface area (Å²) in [5, 5.41) is 0. The van der Waals surface area contributed by atoms with Crippen molar-refractivity contribution in [3.8, 4) is 0 Å². The van der Waals surface area contributed by atoms with Gasteiger partial charge in [-0.2, -0.15) is 13.2 Å². The minimum absolute atomic E-state index is 0.0119. The summed E-state index contributed by atoms with van der Waals surface area (Å²) in [5.74, 6) is 0. The number of hydrogen-bond donors (Lipinski definition) is 0. The van der Waals surface area contributed by atoms with E-state index in [1.54, 1.807) is 13.0 Å². The maximum Gasteiger partial charge on any atom is 0.433 e. The highest BCUT2D eigenvalue weighted by Crippen LogP contribution is 2.33. The molecule has 0 aliphatic heterocycles. The van der Waals surface area contributed by atoms with Crippen LogP contribution in [0.5, 0.6) is 0 Å². The highest BCUT2D eigenvalue weighted by atomic mass is 19.4. The maximum absolute atomic E-state index is 12.8. The summed E-state index contributed by atoms with van der Waals surface area (Å²) >= 11 is 0. The minimum Gasteiger partial charge on any atom is -0.260 e. The molecule has 0 atom stereocenters. The van der Waals surface area contributed by atoms with E-state index in [1.165, 1.54) is 0 Å². The molecule has 0 bridgehead atoms. The Morgan fingerprint density at radius 3 is 1.92 bits per heavy atom. The van der Waals surface area contributed by atoms with Crippen LogP contribution in [0.4, 0.5) is 13.2 Å². The fourth-order valence-corrected chi connectivity index (χ4v) is 3.01. The zero-order valence-corrected chi connectivity index (χ0v) is 15.6. The first kappa shape index (κ1) is 19.4. The Morgan fingerprint density at radius 1 is 0.880 bits per heavy atom. The summed E-state index contributed by atoms with van der Waals surface area (Å²) < 4.78 is 38.4. The second-order valence-corrected chi connectivity index (χ2v) is 8.19. The molecule has 5 heteroatoms. The number of pyridine rings is 2. The summed E-state index contributed by atoms with van der Waals surface area (Å²) in [5.41, 5.74) is 2.10. The quantitative estimate of drug-likeness (QED) is 0.718. The molecule has 0 saturated carbocycles. The molecule has 2 heterocycles. The summed E-state index contributed by atoms with van der Waals surface area (Å²) in [7, 11) is 0. The molecule has 0 radical (unpaired) electrons. The number of alkyl halides is 3. The molecular weight excluding hydrogens is 325 g/mol. The van der Waals surface area contributed by atoms with Gasteiger partial charge in [0.2, 0.25) is 0 Å². The Kier molecular flexibility index (Phi) is 4.99. The molecule has 25 heavy (non-hydrogen) atoms. The van der Waals surface area contributed by atoms with Gasteiger partial charge in [0.05, 0.1) is 0 Å². The van der Waals surface area contributed by atoms with Gasteiger partial charge in [0.15, 0.2) is 0 Å². The van der Waals surface area contributed by atoms with Gasteiger partial charge >= 0.3 is 6.18 Å². The molecule has 0 amide bonds. The monoisotopic (exact) mass is 350 g/mol. The number of rotatable bonds is 3. The van der Waals surface area contributed by atoms with Crippen molar-refractivity contribution >= 4 is 0 Å². The molecule has 0 aliphatic carbocycles. The third kappa shape index (κ3) is 4.59. The minimum atomic E-state index is -4.42. The van der Waals surface area contributed by atoms with Gasteiger partial charge in [-0.05, 0) is 42.0 Å². The summed E-state index contributed by atoms with van der Waals surface area (Å²) in [6, 6.07) is 6.67. The number of halogens is 3. The van der Waals surface area contributed by atoms with E-state index in [4.69, 9.17) is 0 Å². The Labute approximate surface area is 147 Å². The molecule has 0 saturated heterocycles. The number of hydrogen-bond acceptors (Lipinski definition) is 2. The first-order valence-electron chi connectivity index (χ1n) is 8.31. The second kappa shape index (κ2) is 6.43. The van der Waals surface area contributed by atoms with E-state index in [2.05, 4.69) is 30.7 Å². The van der Waals surface area contributed by atoms with Gasteiger partial charge in [-0.25, -0.2) is 4.98 Å². The first-order valence-corrected chi connectivity index (χ1v) is 8.31. The molecule has 0 N–H and O–H groups in total. The van der Waals surface area contributed by atoms with Crippen molar-refractivity contribution in [2.75, 3.05) is 0 Å². The van der Waals surface area contributed by atoms with Crippen molar-refractivity contribution in [1.82, 2.24) is 9.97 Å². The van der Waals surface area contributed by atoms with Crippen LogP contribution in [-0.2, 0) is 23.4 Å². The number of aryl methyl sites for hydroxylation is 1. The van der Waals surface area contributed by atoms with Crippen LogP contribution in [0.15, 0.2) is 30.5 Å². The van der Waals surface area contributed by atoms with E-state index in [0.29, 0.717) is 12.1 Å². The maximum atomic E-state index is 12.8. The molecule has 2 rings (SSSR count). The van der Waals surface area contributed by atoms with Gasteiger partial charge in [0.25, 0.3) is 0 Å². The van der Waals surface area contributed by atoms with Crippen LogP contribution in [0, 0.1) is 6.92 Å². The smallest absolute Gasteiger partial charge is 0.260 e. The number of nitrogens with zero attached hydrogens (tertiary/aromatic N) is 2. The topological polar surface area (TPSA) is 25.8 Å². The van der Waals surface area contributed by atoms with Crippen LogP contribution in [-0.4, -0.2) is 9.97 Å². The molecule has 136 valence electrons. The Bertz CT molecular complexity index is 739. The van der Waals surface area contributed by atoms with Crippen molar-refractivity contribution in [3.63, 3.8) is 0 Å². The van der Waals surface area contributed by atoms with Gasteiger partial charge in [0, 0.05) is 23.0 Å². The van der Waals surface area contributed by atoms with Crippen LogP contribution >= 0.6 is 0 Å². The molecule has 0 spiro atoms. The molecule has 2 nitrogen and oxygen atoms in total. The third-order valence-electron chi connectivity index (χ3n) is 4.34. The van der Waals surface area contributed by atoms with Crippen molar-refractivity contribution in [2.24, 2.45) is 0 Å². The molecule has 0 aliphatic rings. The lowest BCUT2D eigenvalue weighted by Crippen LogP contribution is -2.24. The normalized spacial score (nSPS) is 13.2. The second-order valence-electron chi connectivity index (χ2n) is 8.19. The van der Waals surface area contributed by atoms with Crippen LogP contribution in [0.3, 0.4) is 0 Å². The van der Waals surface area contributed by atoms with Crippen molar-refractivity contribution < 1.29 is 13.2 Å². The Hall–Kier alpha value is -1.91. The zero-order chi connectivity index (χ0) is 19.0. The molecule has 2 aromatic rings. The van der Waals surface area contributed by atoms with E-state index in [9.17, 15) is 13.2 Å². The average molecular weight is 350 g/mol. The van der Waals surface area contributed by atoms with E-state index >= 15 is 0 Å². The van der Waals surface area contributed by atoms with Gasteiger partial charge < -0.3 is 0 Å². The van der Waals surface area contributed by atoms with E-state index in [-0.39, 0.29) is 10.8 Å². The van der Waals surface area contributed by atoms with Gasteiger partial charge in [-0.1, -0.05) is 46.8 Å². The fraction of sp³-hybridized carbons (Fsp3) is 0.500. The molecule has 0 unspecified atom stereocenters. The predicted molar refractivity (Wildman–Crippen MR) is 93.6 cm³/mol. The summed E-state index contributed by atoms with van der Waals surface area (Å²) in [6.45, 7) is 12.0. The fourth-order valence-electron chi connectivity index (χ4n) is 3.01. The standard InChI is InChI=1S/C20H25F3N2/c1-13-15(8-10-17(25-13)20(21,22)23)19(5,6)11-14-7-9-16(24-12-14)18(2,3)4/h7-10,12H,11H2,1-6H3. The Morgan fingerprint density at radius 2 is 1.48 bits per heavy atom. The van der Waals surface area contributed by atoms with Crippen molar-refractivity contribution in [1.29, 1.82) is 0 Å². The van der Waals surface area contributed by atoms with Crippen LogP contribution in [0.25, 0.3) is 0 Å². The van der Waals surface area contributed by atoms with Gasteiger partial charge in [-0.15, -0.1) is 0 Å². The lowest BCUT2D eigenvalue weighted by molar-refractivity contribution is -0.141. The largest absolute Gasteiger partial charge is 0.433 e. The first-order chi connectivity index (χ1) is 11.3. The molecule has 2 aromatic heterocycles. The summed E-state index contributed by atoms with van der Waals surface area (Å²) in [6.07, 6.45) is -1.88. The highest BCUT2D eigenvalue weighted by Gasteiger charge is 2.34. The van der Waals surface area contributed by atoms with Gasteiger partial charge in [0.1, 0.15) is 5.69 Å². The summed E-state index contributed by atoms with van der Waals surface area (Å²) in [4.78, 5) is 8.29. The Balaban J connectivity index is 2.27. The predicted octanol–water partition coefficient (Wildman–Crippen LogP) is 5.62. The lowest BCUT2D eigenvalue weighted by Gasteiger charge is -2.27. The lowest BCUT2D eigenvalue weighted by atomic mass is 9.78. The van der Waals surface area contributed by atoms with E-state index < -0.39 is 11.9 Å². The van der Waals surface area contributed by atoms with Crippen molar-refractivity contribution in [2.45, 2.75) is 65.0 Å². The third-order valence-corrected chi connectivity index (χ3v) is 4.34. The zero-order valence-electron chi connectivity index (χ0n) is 15.6. The van der Waals surface area contributed by atoms with Crippen LogP contribution in [0.2, 0.25) is 0 Å².